The zero-order chi connectivity index (χ0) is 18.9. The Labute approximate surface area is 163 Å². The van der Waals surface area contributed by atoms with Gasteiger partial charge in [0.15, 0.2) is 0 Å². The summed E-state index contributed by atoms with van der Waals surface area (Å²) in [6.45, 7) is 2.79. The van der Waals surface area contributed by atoms with E-state index in [1.165, 1.54) is 11.3 Å². The van der Waals surface area contributed by atoms with Gasteiger partial charge in [-0.2, -0.15) is 0 Å². The molecule has 0 aliphatic heterocycles. The number of hydrogen-bond acceptors (Lipinski definition) is 5. The van der Waals surface area contributed by atoms with Crippen LogP contribution in [0.15, 0.2) is 54.6 Å². The highest BCUT2D eigenvalue weighted by molar-refractivity contribution is 7.21. The predicted octanol–water partition coefficient (Wildman–Crippen LogP) is 3.70. The molecule has 1 heterocycles. The lowest BCUT2D eigenvalue weighted by atomic mass is 10.2. The zero-order valence-electron chi connectivity index (χ0n) is 15.4. The molecular weight excluding hydrogens is 360 g/mol. The van der Waals surface area contributed by atoms with Crippen LogP contribution in [0.25, 0.3) is 10.1 Å². The minimum atomic E-state index is -0.0951. The van der Waals surface area contributed by atoms with Crippen LogP contribution < -0.4 is 20.1 Å². The number of benzene rings is 2. The average molecular weight is 385 g/mol. The molecule has 1 amide bonds. The van der Waals surface area contributed by atoms with Crippen molar-refractivity contribution in [1.82, 2.24) is 10.6 Å². The molecule has 5 nitrogen and oxygen atoms in total. The molecule has 2 N–H and O–H groups in total. The van der Waals surface area contributed by atoms with E-state index in [4.69, 9.17) is 9.47 Å². The molecule has 0 fully saturated rings. The molecule has 0 unspecified atom stereocenters. The summed E-state index contributed by atoms with van der Waals surface area (Å²) in [4.78, 5) is 13.1. The van der Waals surface area contributed by atoms with Crippen LogP contribution >= 0.6 is 11.3 Å². The third-order valence-corrected chi connectivity index (χ3v) is 5.21. The molecule has 1 aromatic heterocycles. The molecule has 0 saturated carbocycles. The second-order valence-corrected chi connectivity index (χ2v) is 7.03. The Kier molecular flexibility index (Phi) is 7.07. The van der Waals surface area contributed by atoms with E-state index < -0.39 is 0 Å². The minimum absolute atomic E-state index is 0.0951. The standard InChI is InChI=1S/C21H24N2O3S/c1-25-19-17-10-5-6-11-18(17)27-20(19)21(24)23-14-13-22-12-7-15-26-16-8-3-2-4-9-16/h2-6,8-11,22H,7,12-15H2,1H3,(H,23,24). The highest BCUT2D eigenvalue weighted by Gasteiger charge is 2.18. The van der Waals surface area contributed by atoms with Gasteiger partial charge in [-0.3, -0.25) is 4.79 Å². The van der Waals surface area contributed by atoms with Gasteiger partial charge in [-0.05, 0) is 37.2 Å². The summed E-state index contributed by atoms with van der Waals surface area (Å²) in [7, 11) is 1.60. The Morgan fingerprint density at radius 2 is 1.78 bits per heavy atom. The van der Waals surface area contributed by atoms with Crippen molar-refractivity contribution >= 4 is 27.3 Å². The Morgan fingerprint density at radius 1 is 1.00 bits per heavy atom. The number of nitrogens with one attached hydrogen (secondary N) is 2. The number of rotatable bonds is 10. The number of hydrogen-bond donors (Lipinski definition) is 2. The van der Waals surface area contributed by atoms with Gasteiger partial charge in [0.1, 0.15) is 16.4 Å². The van der Waals surface area contributed by atoms with E-state index in [2.05, 4.69) is 10.6 Å². The van der Waals surface area contributed by atoms with Gasteiger partial charge in [0, 0.05) is 23.2 Å². The SMILES string of the molecule is COc1c(C(=O)NCCNCCCOc2ccccc2)sc2ccccc12. The molecule has 0 saturated heterocycles. The summed E-state index contributed by atoms with van der Waals surface area (Å²) in [6, 6.07) is 17.7. The van der Waals surface area contributed by atoms with Crippen LogP contribution in [0.2, 0.25) is 0 Å². The normalized spacial score (nSPS) is 10.7. The maximum atomic E-state index is 12.5. The number of amides is 1. The quantitative estimate of drug-likeness (QED) is 0.523. The molecule has 0 spiro atoms. The van der Waals surface area contributed by atoms with Crippen molar-refractivity contribution in [3.05, 3.63) is 59.5 Å². The summed E-state index contributed by atoms with van der Waals surface area (Å²) in [5.74, 6) is 1.45. The number of para-hydroxylation sites is 1. The molecule has 0 aliphatic carbocycles. The van der Waals surface area contributed by atoms with Gasteiger partial charge < -0.3 is 20.1 Å². The molecule has 3 rings (SSSR count). The lowest BCUT2D eigenvalue weighted by molar-refractivity contribution is 0.0955. The van der Waals surface area contributed by atoms with Gasteiger partial charge in [-0.15, -0.1) is 11.3 Å². The van der Waals surface area contributed by atoms with E-state index in [-0.39, 0.29) is 5.91 Å². The number of fused-ring (bicyclic) bond motifs is 1. The van der Waals surface area contributed by atoms with Crippen LogP contribution in [0, 0.1) is 0 Å². The molecule has 2 aromatic carbocycles. The molecule has 0 atom stereocenters. The maximum Gasteiger partial charge on any atom is 0.265 e. The first-order chi connectivity index (χ1) is 13.3. The van der Waals surface area contributed by atoms with Crippen molar-refractivity contribution < 1.29 is 14.3 Å². The largest absolute Gasteiger partial charge is 0.494 e. The van der Waals surface area contributed by atoms with Gasteiger partial charge in [0.2, 0.25) is 0 Å². The van der Waals surface area contributed by atoms with E-state index in [0.29, 0.717) is 30.3 Å². The fraction of sp³-hybridized carbons (Fsp3) is 0.286. The van der Waals surface area contributed by atoms with Crippen LogP contribution in [0.3, 0.4) is 0 Å². The Bertz CT molecular complexity index is 864. The topological polar surface area (TPSA) is 59.6 Å². The van der Waals surface area contributed by atoms with E-state index in [1.807, 2.05) is 54.6 Å². The molecule has 0 aliphatic rings. The van der Waals surface area contributed by atoms with Gasteiger partial charge in [0.25, 0.3) is 5.91 Å². The lowest BCUT2D eigenvalue weighted by Gasteiger charge is -2.08. The highest BCUT2D eigenvalue weighted by atomic mass is 32.1. The van der Waals surface area contributed by atoms with Gasteiger partial charge >= 0.3 is 0 Å². The van der Waals surface area contributed by atoms with Gasteiger partial charge in [-0.25, -0.2) is 0 Å². The van der Waals surface area contributed by atoms with Crippen LogP contribution in [-0.2, 0) is 0 Å². The number of carbonyl (C=O) groups excluding carboxylic acids is 1. The summed E-state index contributed by atoms with van der Waals surface area (Å²) in [6.07, 6.45) is 0.910. The second kappa shape index (κ2) is 9.94. The first-order valence-electron chi connectivity index (χ1n) is 9.02. The van der Waals surface area contributed by atoms with E-state index >= 15 is 0 Å². The lowest BCUT2D eigenvalue weighted by Crippen LogP contribution is -2.32. The van der Waals surface area contributed by atoms with Crippen LogP contribution in [0.5, 0.6) is 11.5 Å². The Hall–Kier alpha value is -2.57. The Balaban J connectivity index is 1.35. The third kappa shape index (κ3) is 5.21. The molecule has 27 heavy (non-hydrogen) atoms. The zero-order valence-corrected chi connectivity index (χ0v) is 16.2. The maximum absolute atomic E-state index is 12.5. The summed E-state index contributed by atoms with van der Waals surface area (Å²) < 4.78 is 12.1. The second-order valence-electron chi connectivity index (χ2n) is 5.98. The average Bonchev–Trinajstić information content (AvgIpc) is 3.09. The van der Waals surface area contributed by atoms with Crippen molar-refractivity contribution in [2.75, 3.05) is 33.4 Å². The number of thiophene rings is 1. The van der Waals surface area contributed by atoms with Gasteiger partial charge in [-0.1, -0.05) is 30.3 Å². The van der Waals surface area contributed by atoms with E-state index in [0.717, 1.165) is 28.8 Å². The highest BCUT2D eigenvalue weighted by Crippen LogP contribution is 2.37. The third-order valence-electron chi connectivity index (χ3n) is 4.06. The smallest absolute Gasteiger partial charge is 0.265 e. The summed E-state index contributed by atoms with van der Waals surface area (Å²) >= 11 is 1.46. The molecule has 3 aromatic rings. The number of carbonyl (C=O) groups is 1. The fourth-order valence-electron chi connectivity index (χ4n) is 2.75. The predicted molar refractivity (Wildman–Crippen MR) is 110 cm³/mol. The Morgan fingerprint density at radius 3 is 2.59 bits per heavy atom. The van der Waals surface area contributed by atoms with Crippen molar-refractivity contribution in [1.29, 1.82) is 0 Å². The molecule has 0 radical (unpaired) electrons. The number of ether oxygens (including phenoxy) is 2. The molecule has 6 heteroatoms. The van der Waals surface area contributed by atoms with Crippen LogP contribution in [-0.4, -0.2) is 39.3 Å². The summed E-state index contributed by atoms with van der Waals surface area (Å²) in [5, 5.41) is 7.24. The van der Waals surface area contributed by atoms with Crippen LogP contribution in [0.1, 0.15) is 16.1 Å². The van der Waals surface area contributed by atoms with Crippen molar-refractivity contribution in [2.45, 2.75) is 6.42 Å². The van der Waals surface area contributed by atoms with E-state index in [9.17, 15) is 4.79 Å². The molecule has 0 bridgehead atoms. The summed E-state index contributed by atoms with van der Waals surface area (Å²) in [5.41, 5.74) is 0. The van der Waals surface area contributed by atoms with Crippen molar-refractivity contribution in [2.24, 2.45) is 0 Å². The monoisotopic (exact) mass is 384 g/mol. The van der Waals surface area contributed by atoms with E-state index in [1.54, 1.807) is 7.11 Å². The van der Waals surface area contributed by atoms with Crippen LogP contribution in [0.4, 0.5) is 0 Å². The fourth-order valence-corrected chi connectivity index (χ4v) is 3.84. The molecule has 142 valence electrons. The van der Waals surface area contributed by atoms with Crippen molar-refractivity contribution in [3.63, 3.8) is 0 Å². The first kappa shape index (κ1) is 19.2. The van der Waals surface area contributed by atoms with Gasteiger partial charge in [0.05, 0.1) is 13.7 Å². The molecular formula is C21H24N2O3S. The number of methoxy groups -OCH3 is 1. The van der Waals surface area contributed by atoms with Crippen molar-refractivity contribution in [3.8, 4) is 11.5 Å². The first-order valence-corrected chi connectivity index (χ1v) is 9.83. The minimum Gasteiger partial charge on any atom is -0.494 e.